The van der Waals surface area contributed by atoms with Crippen LogP contribution in [0.4, 0.5) is 5.69 Å². The van der Waals surface area contributed by atoms with Gasteiger partial charge in [-0.15, -0.1) is 0 Å². The lowest BCUT2D eigenvalue weighted by Crippen LogP contribution is -2.48. The lowest BCUT2D eigenvalue weighted by atomic mass is 10.0. The number of hydrogen-bond donors (Lipinski definition) is 1. The third-order valence-corrected chi connectivity index (χ3v) is 3.82. The van der Waals surface area contributed by atoms with Gasteiger partial charge in [0.1, 0.15) is 0 Å². The summed E-state index contributed by atoms with van der Waals surface area (Å²) in [5.41, 5.74) is 7.85. The first kappa shape index (κ1) is 11.6. The molecule has 4 heteroatoms. The van der Waals surface area contributed by atoms with E-state index in [1.165, 1.54) is 0 Å². The predicted octanol–water partition coefficient (Wildman–Crippen LogP) is 2.21. The SMILES string of the molecule is Cc1cc(N2CCC[C@@H](N)C2=O)ccc1Br. The van der Waals surface area contributed by atoms with E-state index in [-0.39, 0.29) is 11.9 Å². The number of hydrogen-bond acceptors (Lipinski definition) is 2. The summed E-state index contributed by atoms with van der Waals surface area (Å²) in [6.07, 6.45) is 1.77. The van der Waals surface area contributed by atoms with Crippen molar-refractivity contribution in [2.45, 2.75) is 25.8 Å². The van der Waals surface area contributed by atoms with Gasteiger partial charge in [-0.1, -0.05) is 15.9 Å². The molecule has 2 rings (SSSR count). The lowest BCUT2D eigenvalue weighted by molar-refractivity contribution is -0.120. The summed E-state index contributed by atoms with van der Waals surface area (Å²) in [6, 6.07) is 5.60. The summed E-state index contributed by atoms with van der Waals surface area (Å²) < 4.78 is 1.06. The molecule has 1 aromatic carbocycles. The first-order chi connectivity index (χ1) is 7.59. The smallest absolute Gasteiger partial charge is 0.243 e. The minimum Gasteiger partial charge on any atom is -0.320 e. The number of nitrogens with zero attached hydrogens (tertiary/aromatic N) is 1. The van der Waals surface area contributed by atoms with Gasteiger partial charge >= 0.3 is 0 Å². The fourth-order valence-electron chi connectivity index (χ4n) is 1.96. The van der Waals surface area contributed by atoms with E-state index in [0.717, 1.165) is 35.1 Å². The number of halogens is 1. The van der Waals surface area contributed by atoms with Gasteiger partial charge in [0.2, 0.25) is 5.91 Å². The summed E-state index contributed by atoms with van der Waals surface area (Å²) in [5, 5.41) is 0. The van der Waals surface area contributed by atoms with Crippen LogP contribution >= 0.6 is 15.9 Å². The van der Waals surface area contributed by atoms with Gasteiger partial charge < -0.3 is 10.6 Å². The Morgan fingerprint density at radius 2 is 2.25 bits per heavy atom. The Morgan fingerprint density at radius 1 is 1.50 bits per heavy atom. The lowest BCUT2D eigenvalue weighted by Gasteiger charge is -2.30. The van der Waals surface area contributed by atoms with Gasteiger partial charge in [-0.25, -0.2) is 0 Å². The van der Waals surface area contributed by atoms with Gasteiger partial charge in [-0.2, -0.15) is 0 Å². The molecule has 1 aromatic rings. The average molecular weight is 283 g/mol. The number of carbonyl (C=O) groups excluding carboxylic acids is 1. The molecule has 1 heterocycles. The normalized spacial score (nSPS) is 21.3. The Hall–Kier alpha value is -0.870. The van der Waals surface area contributed by atoms with Gasteiger partial charge in [-0.3, -0.25) is 4.79 Å². The molecule has 0 spiro atoms. The number of carbonyl (C=O) groups is 1. The Balaban J connectivity index is 2.29. The third-order valence-electron chi connectivity index (χ3n) is 2.93. The maximum absolute atomic E-state index is 11.9. The Kier molecular flexibility index (Phi) is 3.30. The molecule has 0 unspecified atom stereocenters. The molecule has 1 fully saturated rings. The van der Waals surface area contributed by atoms with Crippen molar-refractivity contribution in [1.82, 2.24) is 0 Å². The van der Waals surface area contributed by atoms with Crippen molar-refractivity contribution in [2.75, 3.05) is 11.4 Å². The van der Waals surface area contributed by atoms with Gasteiger partial charge in [-0.05, 0) is 43.5 Å². The zero-order chi connectivity index (χ0) is 11.7. The minimum absolute atomic E-state index is 0.0352. The van der Waals surface area contributed by atoms with Gasteiger partial charge in [0.25, 0.3) is 0 Å². The molecular weight excluding hydrogens is 268 g/mol. The van der Waals surface area contributed by atoms with Crippen molar-refractivity contribution in [3.8, 4) is 0 Å². The topological polar surface area (TPSA) is 46.3 Å². The van der Waals surface area contributed by atoms with Crippen LogP contribution < -0.4 is 10.6 Å². The number of piperidine rings is 1. The van der Waals surface area contributed by atoms with E-state index in [4.69, 9.17) is 5.73 Å². The molecule has 16 heavy (non-hydrogen) atoms. The van der Waals surface area contributed by atoms with E-state index in [0.29, 0.717) is 0 Å². The molecule has 1 aliphatic rings. The number of aryl methyl sites for hydroxylation is 1. The second-order valence-corrected chi connectivity index (χ2v) is 5.03. The number of nitrogens with two attached hydrogens (primary N) is 1. The number of benzene rings is 1. The summed E-state index contributed by atoms with van der Waals surface area (Å²) in [7, 11) is 0. The third kappa shape index (κ3) is 2.13. The van der Waals surface area contributed by atoms with E-state index < -0.39 is 0 Å². The standard InChI is InChI=1S/C12H15BrN2O/c1-8-7-9(4-5-10(8)13)15-6-2-3-11(14)12(15)16/h4-5,7,11H,2-3,6,14H2,1H3/t11-/m1/s1. The summed E-state index contributed by atoms with van der Waals surface area (Å²) >= 11 is 3.45. The molecule has 0 radical (unpaired) electrons. The zero-order valence-electron chi connectivity index (χ0n) is 9.24. The van der Waals surface area contributed by atoms with Crippen LogP contribution in [0.15, 0.2) is 22.7 Å². The monoisotopic (exact) mass is 282 g/mol. The van der Waals surface area contributed by atoms with E-state index in [1.54, 1.807) is 4.90 Å². The highest BCUT2D eigenvalue weighted by Crippen LogP contribution is 2.25. The summed E-state index contributed by atoms with van der Waals surface area (Å²) in [4.78, 5) is 13.7. The molecule has 1 saturated heterocycles. The molecule has 0 saturated carbocycles. The summed E-state index contributed by atoms with van der Waals surface area (Å²) in [5.74, 6) is 0.0352. The van der Waals surface area contributed by atoms with E-state index >= 15 is 0 Å². The maximum Gasteiger partial charge on any atom is 0.243 e. The van der Waals surface area contributed by atoms with Crippen molar-refractivity contribution in [1.29, 1.82) is 0 Å². The predicted molar refractivity (Wildman–Crippen MR) is 68.4 cm³/mol. The molecule has 3 nitrogen and oxygen atoms in total. The highest BCUT2D eigenvalue weighted by Gasteiger charge is 2.26. The van der Waals surface area contributed by atoms with Crippen LogP contribution in [-0.2, 0) is 4.79 Å². The van der Waals surface area contributed by atoms with Crippen molar-refractivity contribution in [2.24, 2.45) is 5.73 Å². The molecule has 0 aliphatic carbocycles. The average Bonchev–Trinajstić information content (AvgIpc) is 2.26. The molecule has 0 aromatic heterocycles. The van der Waals surface area contributed by atoms with Crippen molar-refractivity contribution < 1.29 is 4.79 Å². The van der Waals surface area contributed by atoms with Crippen molar-refractivity contribution in [3.05, 3.63) is 28.2 Å². The van der Waals surface area contributed by atoms with Crippen LogP contribution in [-0.4, -0.2) is 18.5 Å². The van der Waals surface area contributed by atoms with E-state index in [1.807, 2.05) is 25.1 Å². The van der Waals surface area contributed by atoms with Crippen LogP contribution in [0.5, 0.6) is 0 Å². The fraction of sp³-hybridized carbons (Fsp3) is 0.417. The fourth-order valence-corrected chi connectivity index (χ4v) is 2.20. The van der Waals surface area contributed by atoms with Crippen LogP contribution in [0, 0.1) is 6.92 Å². The largest absolute Gasteiger partial charge is 0.320 e. The van der Waals surface area contributed by atoms with Crippen LogP contribution in [0.3, 0.4) is 0 Å². The van der Waals surface area contributed by atoms with Crippen LogP contribution in [0.25, 0.3) is 0 Å². The van der Waals surface area contributed by atoms with E-state index in [2.05, 4.69) is 15.9 Å². The number of rotatable bonds is 1. The highest BCUT2D eigenvalue weighted by molar-refractivity contribution is 9.10. The minimum atomic E-state index is -0.335. The van der Waals surface area contributed by atoms with E-state index in [9.17, 15) is 4.79 Å². The van der Waals surface area contributed by atoms with Gasteiger partial charge in [0, 0.05) is 16.7 Å². The van der Waals surface area contributed by atoms with Crippen LogP contribution in [0.1, 0.15) is 18.4 Å². The summed E-state index contributed by atoms with van der Waals surface area (Å²) in [6.45, 7) is 2.79. The first-order valence-corrected chi connectivity index (χ1v) is 6.22. The van der Waals surface area contributed by atoms with Crippen LogP contribution in [0.2, 0.25) is 0 Å². The molecule has 1 aliphatic heterocycles. The molecule has 2 N–H and O–H groups in total. The number of anilines is 1. The van der Waals surface area contributed by atoms with Gasteiger partial charge in [0.15, 0.2) is 0 Å². The quantitative estimate of drug-likeness (QED) is 0.859. The molecular formula is C12H15BrN2O. The molecule has 1 atom stereocenters. The van der Waals surface area contributed by atoms with Crippen molar-refractivity contribution >= 4 is 27.5 Å². The second kappa shape index (κ2) is 4.55. The Bertz CT molecular complexity index is 419. The van der Waals surface area contributed by atoms with Crippen molar-refractivity contribution in [3.63, 3.8) is 0 Å². The van der Waals surface area contributed by atoms with Gasteiger partial charge in [0.05, 0.1) is 6.04 Å². The molecule has 86 valence electrons. The Morgan fingerprint density at radius 3 is 2.94 bits per heavy atom. The first-order valence-electron chi connectivity index (χ1n) is 5.42. The Labute approximate surface area is 104 Å². The second-order valence-electron chi connectivity index (χ2n) is 4.17. The number of amides is 1. The molecule has 0 bridgehead atoms. The molecule has 1 amide bonds. The highest BCUT2D eigenvalue weighted by atomic mass is 79.9. The maximum atomic E-state index is 11.9. The zero-order valence-corrected chi connectivity index (χ0v) is 10.8.